The lowest BCUT2D eigenvalue weighted by Gasteiger charge is -2.01. The average Bonchev–Trinajstić information content (AvgIpc) is 2.89. The zero-order chi connectivity index (χ0) is 13.9. The maximum absolute atomic E-state index is 5.86. The number of benzene rings is 1. The Morgan fingerprint density at radius 2 is 2.00 bits per heavy atom. The van der Waals surface area contributed by atoms with Crippen LogP contribution in [-0.2, 0) is 0 Å². The van der Waals surface area contributed by atoms with Crippen LogP contribution in [0.5, 0.6) is 0 Å². The van der Waals surface area contributed by atoms with E-state index in [4.69, 9.17) is 11.6 Å². The number of hydrazone groups is 1. The fourth-order valence-electron chi connectivity index (χ4n) is 1.82. The van der Waals surface area contributed by atoms with Gasteiger partial charge in [-0.1, -0.05) is 29.8 Å². The first-order chi connectivity index (χ1) is 9.72. The van der Waals surface area contributed by atoms with E-state index in [2.05, 4.69) is 25.5 Å². The largest absolute Gasteiger partial charge is 0.346 e. The summed E-state index contributed by atoms with van der Waals surface area (Å²) >= 11 is 5.86. The Morgan fingerprint density at radius 3 is 2.80 bits per heavy atom. The molecule has 2 heterocycles. The molecular weight excluding hydrogens is 274 g/mol. The van der Waals surface area contributed by atoms with E-state index >= 15 is 0 Å². The van der Waals surface area contributed by atoms with Crippen LogP contribution in [0.1, 0.15) is 11.1 Å². The van der Waals surface area contributed by atoms with Crippen LogP contribution in [0.3, 0.4) is 0 Å². The number of nitrogens with zero attached hydrogens (tertiary/aromatic N) is 3. The summed E-state index contributed by atoms with van der Waals surface area (Å²) in [5, 5.41) is 5.19. The highest BCUT2D eigenvalue weighted by atomic mass is 35.5. The summed E-state index contributed by atoms with van der Waals surface area (Å²) in [6.45, 7) is 2.05. The van der Waals surface area contributed by atoms with Crippen LogP contribution in [0.4, 0.5) is 5.82 Å². The molecule has 6 heteroatoms. The lowest BCUT2D eigenvalue weighted by atomic mass is 10.2. The van der Waals surface area contributed by atoms with Crippen molar-refractivity contribution in [3.05, 3.63) is 52.9 Å². The highest BCUT2D eigenvalue weighted by Gasteiger charge is 2.06. The SMILES string of the molecule is Cc1ccc(/C=N/Nc2nc(Cl)nc3[nH]ccc23)cc1. The molecule has 0 fully saturated rings. The number of aromatic nitrogens is 3. The van der Waals surface area contributed by atoms with Gasteiger partial charge in [0.25, 0.3) is 0 Å². The number of H-pyrrole nitrogens is 1. The molecule has 0 unspecified atom stereocenters. The third kappa shape index (κ3) is 2.62. The molecule has 0 saturated heterocycles. The van der Waals surface area contributed by atoms with E-state index in [1.807, 2.05) is 37.3 Å². The second-order valence-electron chi connectivity index (χ2n) is 4.36. The molecule has 2 aromatic heterocycles. The minimum atomic E-state index is 0.174. The number of halogens is 1. The number of rotatable bonds is 3. The van der Waals surface area contributed by atoms with Gasteiger partial charge >= 0.3 is 0 Å². The monoisotopic (exact) mass is 285 g/mol. The Balaban J connectivity index is 1.83. The van der Waals surface area contributed by atoms with Gasteiger partial charge in [0.1, 0.15) is 5.65 Å². The second kappa shape index (κ2) is 5.30. The van der Waals surface area contributed by atoms with Gasteiger partial charge in [-0.25, -0.2) is 0 Å². The van der Waals surface area contributed by atoms with Crippen LogP contribution in [-0.4, -0.2) is 21.2 Å². The van der Waals surface area contributed by atoms with Crippen molar-refractivity contribution in [3.63, 3.8) is 0 Å². The maximum atomic E-state index is 5.86. The Bertz CT molecular complexity index is 761. The third-order valence-electron chi connectivity index (χ3n) is 2.85. The van der Waals surface area contributed by atoms with Crippen molar-refractivity contribution in [1.29, 1.82) is 0 Å². The summed E-state index contributed by atoms with van der Waals surface area (Å²) in [6.07, 6.45) is 3.51. The van der Waals surface area contributed by atoms with Crippen molar-refractivity contribution < 1.29 is 0 Å². The number of anilines is 1. The van der Waals surface area contributed by atoms with Crippen LogP contribution >= 0.6 is 11.6 Å². The number of hydrogen-bond acceptors (Lipinski definition) is 4. The van der Waals surface area contributed by atoms with Gasteiger partial charge in [0.15, 0.2) is 5.82 Å². The van der Waals surface area contributed by atoms with Crippen LogP contribution in [0.25, 0.3) is 11.0 Å². The highest BCUT2D eigenvalue weighted by molar-refractivity contribution is 6.28. The van der Waals surface area contributed by atoms with Gasteiger partial charge in [0.2, 0.25) is 5.28 Å². The summed E-state index contributed by atoms with van der Waals surface area (Å²) in [6, 6.07) is 9.94. The van der Waals surface area contributed by atoms with Gasteiger partial charge in [-0.05, 0) is 30.2 Å². The Labute approximate surface area is 120 Å². The fourth-order valence-corrected chi connectivity index (χ4v) is 1.99. The Kier molecular flexibility index (Phi) is 3.35. The van der Waals surface area contributed by atoms with E-state index in [0.29, 0.717) is 11.5 Å². The lowest BCUT2D eigenvalue weighted by molar-refractivity contribution is 1.17. The first kappa shape index (κ1) is 12.6. The summed E-state index contributed by atoms with van der Waals surface area (Å²) in [5.74, 6) is 0.574. The molecule has 0 atom stereocenters. The molecule has 0 amide bonds. The van der Waals surface area contributed by atoms with Crippen LogP contribution in [0, 0.1) is 6.92 Å². The minimum absolute atomic E-state index is 0.174. The van der Waals surface area contributed by atoms with E-state index in [0.717, 1.165) is 10.9 Å². The predicted octanol–water partition coefficient (Wildman–Crippen LogP) is 3.37. The molecule has 0 bridgehead atoms. The van der Waals surface area contributed by atoms with Gasteiger partial charge in [0, 0.05) is 6.20 Å². The highest BCUT2D eigenvalue weighted by Crippen LogP contribution is 2.20. The molecule has 3 rings (SSSR count). The van der Waals surface area contributed by atoms with Crippen molar-refractivity contribution in [2.75, 3.05) is 5.43 Å². The lowest BCUT2D eigenvalue weighted by Crippen LogP contribution is -1.96. The molecule has 100 valence electrons. The van der Waals surface area contributed by atoms with E-state index in [1.165, 1.54) is 5.56 Å². The van der Waals surface area contributed by atoms with Gasteiger partial charge < -0.3 is 4.98 Å². The minimum Gasteiger partial charge on any atom is -0.346 e. The van der Waals surface area contributed by atoms with E-state index in [1.54, 1.807) is 12.4 Å². The van der Waals surface area contributed by atoms with Gasteiger partial charge in [-0.2, -0.15) is 15.1 Å². The molecule has 0 radical (unpaired) electrons. The first-order valence-electron chi connectivity index (χ1n) is 6.09. The Morgan fingerprint density at radius 1 is 1.20 bits per heavy atom. The second-order valence-corrected chi connectivity index (χ2v) is 4.70. The van der Waals surface area contributed by atoms with Crippen molar-refractivity contribution in [2.45, 2.75) is 6.92 Å². The van der Waals surface area contributed by atoms with Gasteiger partial charge in [0.05, 0.1) is 11.6 Å². The predicted molar refractivity (Wildman–Crippen MR) is 81.3 cm³/mol. The van der Waals surface area contributed by atoms with Crippen LogP contribution in [0.15, 0.2) is 41.6 Å². The Hall–Kier alpha value is -2.40. The molecule has 20 heavy (non-hydrogen) atoms. The van der Waals surface area contributed by atoms with E-state index in [-0.39, 0.29) is 5.28 Å². The molecule has 0 aliphatic carbocycles. The van der Waals surface area contributed by atoms with Crippen molar-refractivity contribution in [2.24, 2.45) is 5.10 Å². The molecule has 1 aromatic carbocycles. The summed E-state index contributed by atoms with van der Waals surface area (Å²) < 4.78 is 0. The van der Waals surface area contributed by atoms with Gasteiger partial charge in [-0.15, -0.1) is 0 Å². The van der Waals surface area contributed by atoms with E-state index < -0.39 is 0 Å². The molecular formula is C14H12ClN5. The third-order valence-corrected chi connectivity index (χ3v) is 3.02. The molecule has 3 aromatic rings. The normalized spacial score (nSPS) is 11.3. The number of aromatic amines is 1. The van der Waals surface area contributed by atoms with Crippen molar-refractivity contribution >= 4 is 34.7 Å². The molecule has 0 saturated carbocycles. The number of aryl methyl sites for hydroxylation is 1. The van der Waals surface area contributed by atoms with Crippen molar-refractivity contribution in [1.82, 2.24) is 15.0 Å². The zero-order valence-corrected chi connectivity index (χ0v) is 11.5. The maximum Gasteiger partial charge on any atom is 0.226 e. The molecule has 0 spiro atoms. The topological polar surface area (TPSA) is 66.0 Å². The quantitative estimate of drug-likeness (QED) is 0.440. The average molecular weight is 286 g/mol. The van der Waals surface area contributed by atoms with Crippen LogP contribution < -0.4 is 5.43 Å². The van der Waals surface area contributed by atoms with E-state index in [9.17, 15) is 0 Å². The fraction of sp³-hybridized carbons (Fsp3) is 0.0714. The van der Waals surface area contributed by atoms with Crippen LogP contribution in [0.2, 0.25) is 5.28 Å². The number of fused-ring (bicyclic) bond motifs is 1. The number of hydrogen-bond donors (Lipinski definition) is 2. The van der Waals surface area contributed by atoms with Gasteiger partial charge in [-0.3, -0.25) is 5.43 Å². The summed E-state index contributed by atoms with van der Waals surface area (Å²) in [4.78, 5) is 11.2. The summed E-state index contributed by atoms with van der Waals surface area (Å²) in [5.41, 5.74) is 5.79. The zero-order valence-electron chi connectivity index (χ0n) is 10.8. The smallest absolute Gasteiger partial charge is 0.226 e. The first-order valence-corrected chi connectivity index (χ1v) is 6.46. The molecule has 0 aliphatic rings. The molecule has 0 aliphatic heterocycles. The van der Waals surface area contributed by atoms with Crippen molar-refractivity contribution in [3.8, 4) is 0 Å². The molecule has 5 nitrogen and oxygen atoms in total. The molecule has 2 N–H and O–H groups in total. The summed E-state index contributed by atoms with van der Waals surface area (Å²) in [7, 11) is 0. The number of nitrogens with one attached hydrogen (secondary N) is 2. The standard InChI is InChI=1S/C14H12ClN5/c1-9-2-4-10(5-3-9)8-17-20-13-11-6-7-16-12(11)18-14(15)19-13/h2-8H,1H3,(H2,16,18,19,20)/b17-8+.